The number of aromatic amines is 1. The number of fused-ring (bicyclic) bond motifs is 5. The molecule has 0 saturated heterocycles. The Bertz CT molecular complexity index is 3180. The minimum atomic E-state index is 0.687. The number of anilines is 3. The van der Waals surface area contributed by atoms with Crippen LogP contribution in [0.5, 0.6) is 5.75 Å². The summed E-state index contributed by atoms with van der Waals surface area (Å²) < 4.78 is 12.5. The summed E-state index contributed by atoms with van der Waals surface area (Å²) in [7, 11) is 0. The lowest BCUT2D eigenvalue weighted by Crippen LogP contribution is -2.10. The maximum atomic E-state index is 6.41. The molecule has 0 radical (unpaired) electrons. The van der Waals surface area contributed by atoms with E-state index in [1.807, 2.05) is 30.5 Å². The van der Waals surface area contributed by atoms with Gasteiger partial charge in [0.1, 0.15) is 11.5 Å². The van der Waals surface area contributed by atoms with Crippen LogP contribution in [0.3, 0.4) is 0 Å². The lowest BCUT2D eigenvalue weighted by atomic mass is 9.92. The Morgan fingerprint density at radius 3 is 2.13 bits per heavy atom. The van der Waals surface area contributed by atoms with E-state index >= 15 is 0 Å². The smallest absolute Gasteiger partial charge is 0.160 e. The van der Waals surface area contributed by atoms with E-state index in [1.165, 1.54) is 27.5 Å². The van der Waals surface area contributed by atoms with E-state index in [9.17, 15) is 0 Å². The molecule has 11 rings (SSSR count). The van der Waals surface area contributed by atoms with Gasteiger partial charge in [0.2, 0.25) is 0 Å². The summed E-state index contributed by atoms with van der Waals surface area (Å²) >= 11 is 0. The second-order valence-electron chi connectivity index (χ2n) is 15.2. The fourth-order valence-corrected chi connectivity index (χ4v) is 8.64. The van der Waals surface area contributed by atoms with Crippen molar-refractivity contribution < 1.29 is 9.15 Å². The van der Waals surface area contributed by atoms with E-state index < -0.39 is 0 Å². The first-order chi connectivity index (χ1) is 29.7. The molecule has 1 aliphatic heterocycles. The van der Waals surface area contributed by atoms with Gasteiger partial charge in [-0.2, -0.15) is 0 Å². The van der Waals surface area contributed by atoms with Gasteiger partial charge in [-0.3, -0.25) is 4.98 Å². The van der Waals surface area contributed by atoms with Crippen LogP contribution in [0, 0.1) is 0 Å². The second-order valence-corrected chi connectivity index (χ2v) is 15.2. The van der Waals surface area contributed by atoms with Crippen molar-refractivity contribution in [3.63, 3.8) is 0 Å². The topological polar surface area (TPSA) is 54.3 Å². The fourth-order valence-electron chi connectivity index (χ4n) is 8.64. The van der Waals surface area contributed by atoms with Crippen molar-refractivity contribution in [3.8, 4) is 50.3 Å². The van der Waals surface area contributed by atoms with Crippen molar-refractivity contribution >= 4 is 50.6 Å². The summed E-state index contributed by atoms with van der Waals surface area (Å²) in [6.07, 6.45) is 17.6. The van der Waals surface area contributed by atoms with Crippen molar-refractivity contribution in [1.29, 1.82) is 0 Å². The number of rotatable bonds is 7. The Hall–Kier alpha value is -7.89. The molecule has 286 valence electrons. The maximum absolute atomic E-state index is 6.41. The number of furan rings is 1. The normalized spacial score (nSPS) is 14.2. The van der Waals surface area contributed by atoms with Gasteiger partial charge in [0, 0.05) is 46.1 Å². The first-order valence-corrected chi connectivity index (χ1v) is 20.3. The zero-order valence-electron chi connectivity index (χ0n) is 32.8. The van der Waals surface area contributed by atoms with E-state index in [4.69, 9.17) is 9.15 Å². The molecule has 60 heavy (non-hydrogen) atoms. The number of allylic oxidation sites excluding steroid dienone is 5. The third kappa shape index (κ3) is 6.25. The van der Waals surface area contributed by atoms with Crippen LogP contribution >= 0.6 is 0 Å². The molecule has 1 aliphatic carbocycles. The average molecular weight is 774 g/mol. The molecule has 3 aromatic heterocycles. The zero-order valence-corrected chi connectivity index (χ0v) is 32.8. The minimum absolute atomic E-state index is 0.687. The third-order valence-electron chi connectivity index (χ3n) is 11.6. The molecule has 6 aromatic carbocycles. The van der Waals surface area contributed by atoms with Crippen molar-refractivity contribution in [3.05, 3.63) is 212 Å². The van der Waals surface area contributed by atoms with Gasteiger partial charge in [0.25, 0.3) is 0 Å². The third-order valence-corrected chi connectivity index (χ3v) is 11.6. The predicted octanol–water partition coefficient (Wildman–Crippen LogP) is 14.9. The SMILES string of the molecule is C=C1/C=C\C=C/Oc2c(-c3ccc(N(c4ccc(-c5c[nH]c6c7c(oc56)C=CCC7)cc4)c4ccc(-c5ccc6ccccc6c5)c(-c5ccccc5)c4)cc3)ccnc21. The Balaban J connectivity index is 1.04. The summed E-state index contributed by atoms with van der Waals surface area (Å²) in [5.41, 5.74) is 16.6. The maximum Gasteiger partial charge on any atom is 0.160 e. The number of aryl methyl sites for hydroxylation is 1. The number of nitrogens with one attached hydrogen (secondary N) is 1. The number of H-pyrrole nitrogens is 1. The highest BCUT2D eigenvalue weighted by Gasteiger charge is 2.22. The minimum Gasteiger partial charge on any atom is -0.462 e. The van der Waals surface area contributed by atoms with Crippen LogP contribution in [0.15, 0.2) is 200 Å². The quantitative estimate of drug-likeness (QED) is 0.175. The molecule has 0 unspecified atom stereocenters. The molecular weight excluding hydrogens is 735 g/mol. The Labute approximate surface area is 348 Å². The summed E-state index contributed by atoms with van der Waals surface area (Å²) in [5, 5.41) is 2.44. The molecule has 0 saturated carbocycles. The predicted molar refractivity (Wildman–Crippen MR) is 248 cm³/mol. The molecule has 0 amide bonds. The second kappa shape index (κ2) is 14.8. The summed E-state index contributed by atoms with van der Waals surface area (Å²) in [6, 6.07) is 52.2. The molecule has 0 fully saturated rings. The van der Waals surface area contributed by atoms with Gasteiger partial charge in [-0.05, 0) is 123 Å². The van der Waals surface area contributed by atoms with Crippen LogP contribution in [0.4, 0.5) is 17.1 Å². The van der Waals surface area contributed by atoms with Gasteiger partial charge in [-0.1, -0.05) is 122 Å². The van der Waals surface area contributed by atoms with E-state index in [0.717, 1.165) is 91.4 Å². The van der Waals surface area contributed by atoms with Gasteiger partial charge in [-0.15, -0.1) is 0 Å². The molecule has 9 aromatic rings. The highest BCUT2D eigenvalue weighted by Crippen LogP contribution is 2.44. The molecule has 0 bridgehead atoms. The van der Waals surface area contributed by atoms with Crippen LogP contribution < -0.4 is 9.64 Å². The molecule has 4 heterocycles. The summed E-state index contributed by atoms with van der Waals surface area (Å²) in [4.78, 5) is 10.5. The van der Waals surface area contributed by atoms with Crippen molar-refractivity contribution in [2.24, 2.45) is 0 Å². The van der Waals surface area contributed by atoms with E-state index in [0.29, 0.717) is 5.75 Å². The molecule has 5 nitrogen and oxygen atoms in total. The van der Waals surface area contributed by atoms with Crippen molar-refractivity contribution in [1.82, 2.24) is 9.97 Å². The lowest BCUT2D eigenvalue weighted by molar-refractivity contribution is 0.478. The van der Waals surface area contributed by atoms with Gasteiger partial charge >= 0.3 is 0 Å². The molecule has 2 aliphatic rings. The number of ether oxygens (including phenoxy) is 1. The number of hydrogen-bond donors (Lipinski definition) is 1. The van der Waals surface area contributed by atoms with E-state index in [1.54, 1.807) is 6.26 Å². The number of nitrogens with zero attached hydrogens (tertiary/aromatic N) is 2. The number of benzene rings is 6. The summed E-state index contributed by atoms with van der Waals surface area (Å²) in [6.45, 7) is 4.24. The largest absolute Gasteiger partial charge is 0.462 e. The van der Waals surface area contributed by atoms with Gasteiger partial charge in [0.05, 0.1) is 11.8 Å². The van der Waals surface area contributed by atoms with Crippen molar-refractivity contribution in [2.75, 3.05) is 4.90 Å². The number of pyridine rings is 1. The molecular formula is C55H39N3O2. The molecule has 1 N–H and O–H groups in total. The first-order valence-electron chi connectivity index (χ1n) is 20.3. The standard InChI is InChI=1S/C55H39N3O2/c1-36-11-9-10-32-59-54-47(30-31-56-52(36)54)39-20-24-43(25-21-39)58(44-26-22-40(23-27-44)50-35-57-53-48-16-7-8-17-51(48)60-55(50)53)45-28-29-46(49(34-45)38-13-3-2-4-14-38)42-19-18-37-12-5-6-15-41(37)33-42/h2-6,8-15,17-35,57H,1,7,16H2/b11-9-,32-10-. The molecule has 0 atom stereocenters. The van der Waals surface area contributed by atoms with Crippen LogP contribution in [-0.2, 0) is 6.42 Å². The Kier molecular flexibility index (Phi) is 8.71. The van der Waals surface area contributed by atoms with E-state index in [-0.39, 0.29) is 0 Å². The Morgan fingerprint density at radius 1 is 0.600 bits per heavy atom. The number of aromatic nitrogens is 2. The highest BCUT2D eigenvalue weighted by molar-refractivity contribution is 5.97. The van der Waals surface area contributed by atoms with Gasteiger partial charge in [0.15, 0.2) is 11.3 Å². The zero-order chi connectivity index (χ0) is 40.0. The van der Waals surface area contributed by atoms with Crippen LogP contribution in [-0.4, -0.2) is 9.97 Å². The van der Waals surface area contributed by atoms with Crippen LogP contribution in [0.2, 0.25) is 0 Å². The highest BCUT2D eigenvalue weighted by atomic mass is 16.5. The molecule has 5 heteroatoms. The fraction of sp³-hybridized carbons (Fsp3) is 0.0364. The number of hydrogen-bond acceptors (Lipinski definition) is 4. The Morgan fingerprint density at radius 2 is 1.32 bits per heavy atom. The van der Waals surface area contributed by atoms with Gasteiger partial charge in [-0.25, -0.2) is 0 Å². The molecule has 0 spiro atoms. The van der Waals surface area contributed by atoms with Crippen LogP contribution in [0.1, 0.15) is 23.4 Å². The average Bonchev–Trinajstić information content (AvgIpc) is 3.89. The van der Waals surface area contributed by atoms with Crippen LogP contribution in [0.25, 0.3) is 78.0 Å². The van der Waals surface area contributed by atoms with Crippen molar-refractivity contribution in [2.45, 2.75) is 12.8 Å². The first kappa shape index (κ1) is 35.3. The summed E-state index contributed by atoms with van der Waals surface area (Å²) in [5.74, 6) is 1.65. The van der Waals surface area contributed by atoms with E-state index in [2.05, 4.69) is 179 Å². The van der Waals surface area contributed by atoms with Gasteiger partial charge < -0.3 is 19.0 Å². The lowest BCUT2D eigenvalue weighted by Gasteiger charge is -2.27. The monoisotopic (exact) mass is 773 g/mol.